The minimum absolute atomic E-state index is 0.000898. The predicted molar refractivity (Wildman–Crippen MR) is 186 cm³/mol. The van der Waals surface area contributed by atoms with E-state index in [0.29, 0.717) is 23.0 Å². The van der Waals surface area contributed by atoms with Crippen LogP contribution in [0.15, 0.2) is 70.3 Å². The Morgan fingerprint density at radius 2 is 1.65 bits per heavy atom. The lowest BCUT2D eigenvalue weighted by Crippen LogP contribution is -2.56. The van der Waals surface area contributed by atoms with Gasteiger partial charge >= 0.3 is 5.69 Å². The van der Waals surface area contributed by atoms with Crippen LogP contribution in [0.1, 0.15) is 48.7 Å². The molecular formula is C35H41N9O7. The van der Waals surface area contributed by atoms with Crippen LogP contribution in [0.25, 0.3) is 11.4 Å². The van der Waals surface area contributed by atoms with E-state index in [-0.39, 0.29) is 37.7 Å². The Morgan fingerprint density at radius 1 is 0.941 bits per heavy atom. The Labute approximate surface area is 293 Å². The van der Waals surface area contributed by atoms with Crippen molar-refractivity contribution in [1.29, 1.82) is 0 Å². The third-order valence-corrected chi connectivity index (χ3v) is 8.46. The Hall–Kier alpha value is -6.06. The fourth-order valence-corrected chi connectivity index (χ4v) is 5.56. The van der Waals surface area contributed by atoms with E-state index in [1.807, 2.05) is 30.3 Å². The zero-order valence-electron chi connectivity index (χ0n) is 29.0. The Balaban J connectivity index is 1.48. The zero-order chi connectivity index (χ0) is 36.8. The van der Waals surface area contributed by atoms with Crippen molar-refractivity contribution in [1.82, 2.24) is 45.2 Å². The molecule has 2 aromatic carbocycles. The first-order valence-corrected chi connectivity index (χ1v) is 16.5. The van der Waals surface area contributed by atoms with Gasteiger partial charge in [-0.2, -0.15) is 5.10 Å². The molecule has 16 nitrogen and oxygen atoms in total. The molecule has 268 valence electrons. The predicted octanol–water partition coefficient (Wildman–Crippen LogP) is 0.210. The van der Waals surface area contributed by atoms with Gasteiger partial charge in [0.05, 0.1) is 12.6 Å². The second-order valence-corrected chi connectivity index (χ2v) is 12.6. The molecule has 4 N–H and O–H groups in total. The lowest BCUT2D eigenvalue weighted by molar-refractivity contribution is -0.131. The van der Waals surface area contributed by atoms with E-state index in [9.17, 15) is 28.8 Å². The Bertz CT molecular complexity index is 2030. The SMILES string of the molecule is CC(C)[C@H]1NC(=O)[C@@H](NC(=O)c2cc(=O)n(C)c(=O)n2C)Cc2ccc(cc2)OCCNC(=O)Cn2nc(-c3ccccc3)nc2[C@H](C)NC1=O. The Morgan fingerprint density at radius 3 is 2.33 bits per heavy atom. The number of fused-ring (bicyclic) bond motifs is 14. The average Bonchev–Trinajstić information content (AvgIpc) is 3.53. The molecule has 0 fully saturated rings. The molecule has 2 bridgehead atoms. The van der Waals surface area contributed by atoms with E-state index < -0.39 is 53.0 Å². The summed E-state index contributed by atoms with van der Waals surface area (Å²) in [6, 6.07) is 14.0. The van der Waals surface area contributed by atoms with Crippen LogP contribution in [0.5, 0.6) is 5.75 Å². The third-order valence-electron chi connectivity index (χ3n) is 8.46. The topological polar surface area (TPSA) is 200 Å². The second-order valence-electron chi connectivity index (χ2n) is 12.6. The van der Waals surface area contributed by atoms with Crippen molar-refractivity contribution in [3.63, 3.8) is 0 Å². The maximum absolute atomic E-state index is 13.9. The minimum Gasteiger partial charge on any atom is -0.492 e. The number of hydrogen-bond acceptors (Lipinski definition) is 9. The van der Waals surface area contributed by atoms with Crippen LogP contribution in [0.3, 0.4) is 0 Å². The normalized spacial score (nSPS) is 18.9. The van der Waals surface area contributed by atoms with E-state index >= 15 is 0 Å². The van der Waals surface area contributed by atoms with Gasteiger partial charge in [-0.05, 0) is 30.5 Å². The highest BCUT2D eigenvalue weighted by atomic mass is 16.5. The molecule has 2 aromatic heterocycles. The largest absolute Gasteiger partial charge is 0.492 e. The van der Waals surface area contributed by atoms with Gasteiger partial charge in [0.15, 0.2) is 5.82 Å². The molecule has 4 heterocycles. The number of carbonyl (C=O) groups excluding carboxylic acids is 4. The van der Waals surface area contributed by atoms with Gasteiger partial charge in [-0.3, -0.25) is 33.1 Å². The smallest absolute Gasteiger partial charge is 0.331 e. The average molecular weight is 700 g/mol. The van der Waals surface area contributed by atoms with E-state index in [2.05, 4.69) is 31.3 Å². The van der Waals surface area contributed by atoms with Crippen molar-refractivity contribution in [3.05, 3.63) is 98.6 Å². The molecule has 51 heavy (non-hydrogen) atoms. The van der Waals surface area contributed by atoms with Gasteiger partial charge in [-0.15, -0.1) is 0 Å². The van der Waals surface area contributed by atoms with Crippen LogP contribution in [-0.4, -0.2) is 72.8 Å². The number of nitrogens with zero attached hydrogens (tertiary/aromatic N) is 5. The fourth-order valence-electron chi connectivity index (χ4n) is 5.56. The van der Waals surface area contributed by atoms with Crippen molar-refractivity contribution < 1.29 is 23.9 Å². The van der Waals surface area contributed by atoms with Crippen LogP contribution < -0.4 is 37.3 Å². The lowest BCUT2D eigenvalue weighted by atomic mass is 10.0. The summed E-state index contributed by atoms with van der Waals surface area (Å²) >= 11 is 0. The van der Waals surface area contributed by atoms with Gasteiger partial charge in [0.1, 0.15) is 42.5 Å². The van der Waals surface area contributed by atoms with E-state index in [1.165, 1.54) is 18.8 Å². The van der Waals surface area contributed by atoms with Gasteiger partial charge in [0.25, 0.3) is 11.5 Å². The van der Waals surface area contributed by atoms with Crippen molar-refractivity contribution >= 4 is 23.6 Å². The molecule has 16 heteroatoms. The van der Waals surface area contributed by atoms with Gasteiger partial charge in [0, 0.05) is 32.1 Å². The summed E-state index contributed by atoms with van der Waals surface area (Å²) in [4.78, 5) is 83.7. The van der Waals surface area contributed by atoms with E-state index in [0.717, 1.165) is 20.8 Å². The van der Waals surface area contributed by atoms with E-state index in [4.69, 9.17) is 4.74 Å². The van der Waals surface area contributed by atoms with Crippen molar-refractivity contribution in [2.45, 2.75) is 51.9 Å². The number of ether oxygens (including phenoxy) is 1. The summed E-state index contributed by atoms with van der Waals surface area (Å²) in [5.74, 6) is -1.54. The maximum atomic E-state index is 13.9. The van der Waals surface area contributed by atoms with Crippen molar-refractivity contribution in [3.8, 4) is 17.1 Å². The fraction of sp³-hybridized carbons (Fsp3) is 0.371. The van der Waals surface area contributed by atoms with Crippen LogP contribution >= 0.6 is 0 Å². The summed E-state index contributed by atoms with van der Waals surface area (Å²) < 4.78 is 9.10. The molecular weight excluding hydrogens is 658 g/mol. The number of hydrogen-bond donors (Lipinski definition) is 4. The van der Waals surface area contributed by atoms with E-state index in [1.54, 1.807) is 45.0 Å². The number of rotatable bonds is 4. The Kier molecular flexibility index (Phi) is 11.1. The van der Waals surface area contributed by atoms with Crippen LogP contribution in [-0.2, 0) is 41.4 Å². The molecule has 0 spiro atoms. The quantitative estimate of drug-likeness (QED) is 0.230. The van der Waals surface area contributed by atoms with Crippen molar-refractivity contribution in [2.75, 3.05) is 13.2 Å². The van der Waals surface area contributed by atoms with Crippen LogP contribution in [0.2, 0.25) is 0 Å². The molecule has 4 amide bonds. The molecule has 0 saturated heterocycles. The standard InChI is InChI=1S/C35H41N9O7/c1-20(2)29-34(49)37-21(3)31-40-30(23-9-7-6-8-10-23)41-44(31)19-27(45)36-15-16-51-24-13-11-22(12-14-24)17-25(32(47)39-29)38-33(48)26-18-28(46)43(5)35(50)42(26)4/h6-14,18,20-21,25,29H,15-17,19H2,1-5H3,(H,36,45)(H,37,49)(H,38,48)(H,39,47)/t21-,25-,29+/m0/s1. The summed E-state index contributed by atoms with van der Waals surface area (Å²) in [6.45, 7) is 5.42. The second kappa shape index (κ2) is 15.7. The number of amides is 4. The summed E-state index contributed by atoms with van der Waals surface area (Å²) in [5.41, 5.74) is -0.255. The van der Waals surface area contributed by atoms with Gasteiger partial charge in [-0.1, -0.05) is 56.3 Å². The highest BCUT2D eigenvalue weighted by Crippen LogP contribution is 2.20. The first-order chi connectivity index (χ1) is 24.3. The molecule has 0 saturated carbocycles. The number of aromatic nitrogens is 5. The minimum atomic E-state index is -1.22. The van der Waals surface area contributed by atoms with Crippen LogP contribution in [0, 0.1) is 5.92 Å². The highest BCUT2D eigenvalue weighted by Gasteiger charge is 2.32. The first kappa shape index (κ1) is 36.2. The number of carbonyl (C=O) groups is 4. The van der Waals surface area contributed by atoms with Gasteiger partial charge in [0.2, 0.25) is 17.7 Å². The molecule has 2 aliphatic rings. The molecule has 0 unspecified atom stereocenters. The molecule has 0 radical (unpaired) electrons. The molecule has 2 aliphatic heterocycles. The molecule has 0 aliphatic carbocycles. The highest BCUT2D eigenvalue weighted by molar-refractivity contribution is 5.97. The summed E-state index contributed by atoms with van der Waals surface area (Å²) in [6.07, 6.45) is 0.000898. The number of nitrogens with one attached hydrogen (secondary N) is 4. The molecule has 6 rings (SSSR count). The monoisotopic (exact) mass is 699 g/mol. The molecule has 4 aromatic rings. The zero-order valence-corrected chi connectivity index (χ0v) is 29.0. The third kappa shape index (κ3) is 8.57. The lowest BCUT2D eigenvalue weighted by Gasteiger charge is -2.27. The van der Waals surface area contributed by atoms with Gasteiger partial charge < -0.3 is 26.0 Å². The summed E-state index contributed by atoms with van der Waals surface area (Å²) in [7, 11) is 2.64. The van der Waals surface area contributed by atoms with Crippen molar-refractivity contribution in [2.24, 2.45) is 20.0 Å². The van der Waals surface area contributed by atoms with Gasteiger partial charge in [-0.25, -0.2) is 14.5 Å². The number of benzene rings is 2. The first-order valence-electron chi connectivity index (χ1n) is 16.5. The molecule has 3 atom stereocenters. The maximum Gasteiger partial charge on any atom is 0.331 e. The van der Waals surface area contributed by atoms with Crippen LogP contribution in [0.4, 0.5) is 0 Å². The summed E-state index contributed by atoms with van der Waals surface area (Å²) in [5, 5.41) is 15.7.